The second kappa shape index (κ2) is 118. The molecule has 0 bridgehead atoms. The molecule has 0 aromatic carbocycles. The van der Waals surface area contributed by atoms with Gasteiger partial charge in [-0.3, -0.25) is 19.2 Å². The lowest BCUT2D eigenvalue weighted by molar-refractivity contribution is -0.175. The van der Waals surface area contributed by atoms with Crippen LogP contribution in [0.5, 0.6) is 0 Å². The maximum Gasteiger partial charge on any atom is 0.308 e. The summed E-state index contributed by atoms with van der Waals surface area (Å²) in [6, 6.07) is 0. The molecule has 0 fully saturated rings. The van der Waals surface area contributed by atoms with Gasteiger partial charge in [-0.1, -0.05) is 749 Å². The Kier molecular flexibility index (Phi) is 116. The smallest absolute Gasteiger partial charge is 0.308 e. The zero-order valence-corrected chi connectivity index (χ0v) is 98.1. The van der Waals surface area contributed by atoms with Crippen molar-refractivity contribution in [3.05, 3.63) is 0 Å². The Morgan fingerprint density at radius 1 is 0.128 bits per heavy atom. The molecule has 840 valence electrons. The topological polar surface area (TPSA) is 105 Å². The van der Waals surface area contributed by atoms with E-state index in [1.54, 1.807) is 0 Å². The van der Waals surface area contributed by atoms with Gasteiger partial charge in [-0.05, 0) is 25.7 Å². The monoisotopic (exact) mass is 1990 g/mol. The number of hydrogen-bond acceptors (Lipinski definition) is 8. The molecule has 4 unspecified atom stereocenters. The quantitative estimate of drug-likeness (QED) is 0.0337. The zero-order valence-electron chi connectivity index (χ0n) is 98.1. The van der Waals surface area contributed by atoms with Crippen LogP contribution in [0, 0.1) is 29.1 Å². The van der Waals surface area contributed by atoms with Gasteiger partial charge in [0.2, 0.25) is 0 Å². The van der Waals surface area contributed by atoms with Gasteiger partial charge in [0.15, 0.2) is 0 Å². The van der Waals surface area contributed by atoms with Crippen molar-refractivity contribution in [1.29, 1.82) is 0 Å². The zero-order chi connectivity index (χ0) is 102. The van der Waals surface area contributed by atoms with Crippen LogP contribution in [0.1, 0.15) is 775 Å². The van der Waals surface area contributed by atoms with Crippen molar-refractivity contribution >= 4 is 23.9 Å². The molecule has 0 saturated heterocycles. The van der Waals surface area contributed by atoms with Gasteiger partial charge in [0.1, 0.15) is 31.8 Å². The van der Waals surface area contributed by atoms with Crippen LogP contribution in [-0.4, -0.2) is 50.3 Å². The first-order valence-corrected chi connectivity index (χ1v) is 66.1. The predicted molar refractivity (Wildman–Crippen MR) is 623 cm³/mol. The number of unbranched alkanes of at least 4 members (excludes halogenated alkanes) is 104. The first-order valence-electron chi connectivity index (χ1n) is 66.1. The number of rotatable bonds is 124. The van der Waals surface area contributed by atoms with Gasteiger partial charge in [0.25, 0.3) is 0 Å². The van der Waals surface area contributed by atoms with E-state index in [0.29, 0.717) is 0 Å². The second-order valence-corrected chi connectivity index (χ2v) is 47.5. The molecule has 0 radical (unpaired) electrons. The van der Waals surface area contributed by atoms with Crippen LogP contribution in [-0.2, 0) is 38.1 Å². The van der Waals surface area contributed by atoms with Gasteiger partial charge in [0, 0.05) is 0 Å². The van der Waals surface area contributed by atoms with E-state index >= 15 is 0 Å². The summed E-state index contributed by atoms with van der Waals surface area (Å²) in [4.78, 5) is 56.9. The van der Waals surface area contributed by atoms with Crippen LogP contribution in [0.4, 0.5) is 0 Å². The lowest BCUT2D eigenvalue weighted by Crippen LogP contribution is -2.45. The minimum Gasteiger partial charge on any atom is -0.464 e. The number of hydrogen-bond donors (Lipinski definition) is 0. The molecule has 4 atom stereocenters. The SMILES string of the molecule is CCCCCCCCCCCCCCCCCCCCCCCCCCCCCC(C)C(=O)OCC(COC(=O)C(C)CCCCCCCCCCCCCCCCCCCCCCCCCCCCC)(COC(=O)C(C)CCCCCCCCCCCCCCCCCCCCCCCCCCCCC)COC(=O)C(C)CCCCCCCCCCCCCCCCCCCCCCCCCCCCC. The van der Waals surface area contributed by atoms with Crippen molar-refractivity contribution in [1.82, 2.24) is 0 Å². The molecule has 0 aliphatic rings. The van der Waals surface area contributed by atoms with Crippen LogP contribution in [0.15, 0.2) is 0 Å². The molecule has 0 aliphatic heterocycles. The van der Waals surface area contributed by atoms with E-state index in [0.717, 1.165) is 77.0 Å². The molecule has 8 nitrogen and oxygen atoms in total. The van der Waals surface area contributed by atoms with E-state index in [4.69, 9.17) is 18.9 Å². The number of esters is 4. The average molecular weight is 1990 g/mol. The van der Waals surface area contributed by atoms with E-state index in [-0.39, 0.29) is 74.0 Å². The Labute approximate surface area is 886 Å². The first kappa shape index (κ1) is 139. The molecular formula is C133H260O8. The molecule has 0 heterocycles. The largest absolute Gasteiger partial charge is 0.464 e. The number of carbonyl (C=O) groups is 4. The highest BCUT2D eigenvalue weighted by molar-refractivity contribution is 5.74. The normalized spacial score (nSPS) is 13.0. The van der Waals surface area contributed by atoms with E-state index < -0.39 is 5.41 Å². The maximum absolute atomic E-state index is 14.2. The molecule has 0 rings (SSSR count). The summed E-state index contributed by atoms with van der Waals surface area (Å²) in [6.45, 7) is 16.4. The molecule has 0 N–H and O–H groups in total. The predicted octanol–water partition coefficient (Wildman–Crippen LogP) is 46.5. The third-order valence-electron chi connectivity index (χ3n) is 32.7. The molecule has 0 aromatic heterocycles. The van der Waals surface area contributed by atoms with Gasteiger partial charge in [-0.25, -0.2) is 0 Å². The van der Waals surface area contributed by atoms with Crippen LogP contribution in [0.2, 0.25) is 0 Å². The highest BCUT2D eigenvalue weighted by Crippen LogP contribution is 2.30. The Hall–Kier alpha value is -2.12. The van der Waals surface area contributed by atoms with Crippen molar-refractivity contribution < 1.29 is 38.1 Å². The van der Waals surface area contributed by atoms with Crippen molar-refractivity contribution in [2.45, 2.75) is 775 Å². The van der Waals surface area contributed by atoms with Gasteiger partial charge < -0.3 is 18.9 Å². The Bertz CT molecular complexity index is 2080. The second-order valence-electron chi connectivity index (χ2n) is 47.5. The maximum atomic E-state index is 14.2. The molecule has 0 aliphatic carbocycles. The molecule has 8 heteroatoms. The standard InChI is InChI=1S/C133H260O8/c1-9-13-17-21-25-29-33-37-41-45-49-53-57-61-65-69-73-77-81-85-89-93-97-101-105-109-113-117-125(5)129(134)138-121-133(122-139-130(135)126(6)118-114-110-106-102-98-94-90-86-82-78-74-70-66-62-58-54-50-46-42-38-34-30-26-22-18-14-10-2,123-140-131(136)127(7)119-115-111-107-103-99-95-91-87-83-79-75-71-67-63-59-55-51-47-43-39-35-31-27-23-19-15-11-3)124-141-132(137)128(8)120-116-112-108-104-100-96-92-88-84-80-76-72-68-64-60-56-52-48-44-40-36-32-28-24-20-16-12-4/h125-128H,9-124H2,1-8H3. The summed E-state index contributed by atoms with van der Waals surface area (Å²) in [5.41, 5.74) is -1.27. The van der Waals surface area contributed by atoms with Gasteiger partial charge in [-0.15, -0.1) is 0 Å². The van der Waals surface area contributed by atoms with Crippen molar-refractivity contribution in [3.63, 3.8) is 0 Å². The van der Waals surface area contributed by atoms with E-state index in [1.165, 1.54) is 642 Å². The van der Waals surface area contributed by atoms with Crippen LogP contribution in [0.3, 0.4) is 0 Å². The molecular weight excluding hydrogens is 1730 g/mol. The van der Waals surface area contributed by atoms with Crippen LogP contribution < -0.4 is 0 Å². The minimum atomic E-state index is -1.27. The minimum absolute atomic E-state index is 0.181. The summed E-state index contributed by atoms with van der Waals surface area (Å²) >= 11 is 0. The lowest BCUT2D eigenvalue weighted by atomic mass is 9.91. The van der Waals surface area contributed by atoms with Crippen LogP contribution >= 0.6 is 0 Å². The fraction of sp³-hybridized carbons (Fsp3) is 0.970. The van der Waals surface area contributed by atoms with Crippen molar-refractivity contribution in [2.24, 2.45) is 29.1 Å². The third-order valence-corrected chi connectivity index (χ3v) is 32.7. The number of carbonyl (C=O) groups excluding carboxylic acids is 4. The summed E-state index contributed by atoms with van der Waals surface area (Å²) in [7, 11) is 0. The molecule has 0 saturated carbocycles. The summed E-state index contributed by atoms with van der Waals surface area (Å²) < 4.78 is 25.2. The molecule has 0 aromatic rings. The van der Waals surface area contributed by atoms with Gasteiger partial charge in [-0.2, -0.15) is 0 Å². The van der Waals surface area contributed by atoms with Crippen molar-refractivity contribution in [2.75, 3.05) is 26.4 Å². The van der Waals surface area contributed by atoms with Crippen molar-refractivity contribution in [3.8, 4) is 0 Å². The van der Waals surface area contributed by atoms with E-state index in [9.17, 15) is 19.2 Å². The van der Waals surface area contributed by atoms with Crippen LogP contribution in [0.25, 0.3) is 0 Å². The van der Waals surface area contributed by atoms with Gasteiger partial charge in [0.05, 0.1) is 23.7 Å². The Balaban J connectivity index is 5.60. The van der Waals surface area contributed by atoms with E-state index in [1.807, 2.05) is 27.7 Å². The Morgan fingerprint density at radius 2 is 0.199 bits per heavy atom. The highest BCUT2D eigenvalue weighted by atomic mass is 16.6. The fourth-order valence-corrected chi connectivity index (χ4v) is 22.0. The first-order chi connectivity index (χ1) is 69.5. The lowest BCUT2D eigenvalue weighted by Gasteiger charge is -2.33. The fourth-order valence-electron chi connectivity index (χ4n) is 22.0. The highest BCUT2D eigenvalue weighted by Gasteiger charge is 2.40. The molecule has 141 heavy (non-hydrogen) atoms. The Morgan fingerprint density at radius 3 is 0.277 bits per heavy atom. The summed E-state index contributed by atoms with van der Waals surface area (Å²) in [5, 5.41) is 0. The third kappa shape index (κ3) is 108. The van der Waals surface area contributed by atoms with Gasteiger partial charge >= 0.3 is 23.9 Å². The summed E-state index contributed by atoms with van der Waals surface area (Å²) in [5.74, 6) is -2.55. The average Bonchev–Trinajstić information content (AvgIpc) is 0.840. The molecule has 0 amide bonds. The van der Waals surface area contributed by atoms with E-state index in [2.05, 4.69) is 27.7 Å². The molecule has 0 spiro atoms. The number of ether oxygens (including phenoxy) is 4. The summed E-state index contributed by atoms with van der Waals surface area (Å²) in [6.07, 6.45) is 151.